The lowest BCUT2D eigenvalue weighted by atomic mass is 10.1. The van der Waals surface area contributed by atoms with E-state index in [-0.39, 0.29) is 0 Å². The van der Waals surface area contributed by atoms with E-state index in [1.54, 1.807) is 12.5 Å². The molecule has 6 heteroatoms. The largest absolute Gasteiger partial charge is 0.325 e. The van der Waals surface area contributed by atoms with Gasteiger partial charge in [-0.25, -0.2) is 20.8 Å². The standard InChI is InChI=1S/C14H22N6/c1-9(2)5-11-6-13(19-15)18-14(17-11)12-7-16-8-20(12)10(3)4/h6-10H,5,15H2,1-4H3,(H,17,18,19). The molecule has 2 aromatic rings. The van der Waals surface area contributed by atoms with Gasteiger partial charge in [-0.1, -0.05) is 13.8 Å². The van der Waals surface area contributed by atoms with E-state index in [0.29, 0.717) is 23.6 Å². The third kappa shape index (κ3) is 3.14. The molecule has 0 saturated heterocycles. The van der Waals surface area contributed by atoms with Crippen molar-refractivity contribution in [1.82, 2.24) is 19.5 Å². The Balaban J connectivity index is 2.47. The van der Waals surface area contributed by atoms with Gasteiger partial charge in [0.25, 0.3) is 0 Å². The zero-order chi connectivity index (χ0) is 14.7. The van der Waals surface area contributed by atoms with Crippen LogP contribution in [0.1, 0.15) is 39.4 Å². The minimum atomic E-state index is 0.305. The van der Waals surface area contributed by atoms with Crippen molar-refractivity contribution in [2.75, 3.05) is 5.43 Å². The van der Waals surface area contributed by atoms with Gasteiger partial charge in [-0.15, -0.1) is 0 Å². The second-order valence-electron chi connectivity index (χ2n) is 5.59. The first-order chi connectivity index (χ1) is 9.51. The summed E-state index contributed by atoms with van der Waals surface area (Å²) in [4.78, 5) is 13.3. The normalized spacial score (nSPS) is 11.3. The van der Waals surface area contributed by atoms with Gasteiger partial charge in [0, 0.05) is 17.8 Å². The van der Waals surface area contributed by atoms with Crippen LogP contribution >= 0.6 is 0 Å². The van der Waals surface area contributed by atoms with Crippen molar-refractivity contribution in [2.24, 2.45) is 11.8 Å². The highest BCUT2D eigenvalue weighted by Gasteiger charge is 2.13. The van der Waals surface area contributed by atoms with Crippen molar-refractivity contribution in [3.8, 4) is 11.5 Å². The third-order valence-corrected chi connectivity index (χ3v) is 3.00. The van der Waals surface area contributed by atoms with Gasteiger partial charge in [0.2, 0.25) is 0 Å². The maximum atomic E-state index is 5.51. The van der Waals surface area contributed by atoms with Crippen LogP contribution in [0.25, 0.3) is 11.5 Å². The number of hydrogen-bond acceptors (Lipinski definition) is 5. The Morgan fingerprint density at radius 1 is 1.25 bits per heavy atom. The van der Waals surface area contributed by atoms with E-state index >= 15 is 0 Å². The monoisotopic (exact) mass is 274 g/mol. The lowest BCUT2D eigenvalue weighted by Gasteiger charge is -2.13. The van der Waals surface area contributed by atoms with Crippen molar-refractivity contribution < 1.29 is 0 Å². The summed E-state index contributed by atoms with van der Waals surface area (Å²) in [6, 6.07) is 2.19. The Bertz CT molecular complexity index is 573. The van der Waals surface area contributed by atoms with E-state index in [2.05, 4.69) is 52.6 Å². The molecule has 0 radical (unpaired) electrons. The first-order valence-corrected chi connectivity index (χ1v) is 6.88. The summed E-state index contributed by atoms with van der Waals surface area (Å²) in [5.74, 6) is 7.32. The molecule has 2 aromatic heterocycles. The van der Waals surface area contributed by atoms with Gasteiger partial charge in [0.1, 0.15) is 11.5 Å². The molecule has 0 fully saturated rings. The lowest BCUT2D eigenvalue weighted by Crippen LogP contribution is -2.12. The van der Waals surface area contributed by atoms with Crippen LogP contribution in [0.15, 0.2) is 18.6 Å². The Labute approximate surface area is 119 Å². The van der Waals surface area contributed by atoms with Crippen LogP contribution in [0.4, 0.5) is 5.82 Å². The zero-order valence-electron chi connectivity index (χ0n) is 12.5. The molecule has 0 bridgehead atoms. The zero-order valence-corrected chi connectivity index (χ0v) is 12.5. The molecule has 0 aromatic carbocycles. The first-order valence-electron chi connectivity index (χ1n) is 6.88. The van der Waals surface area contributed by atoms with Crippen molar-refractivity contribution in [3.05, 3.63) is 24.3 Å². The molecule has 0 saturated carbocycles. The van der Waals surface area contributed by atoms with Gasteiger partial charge in [0.15, 0.2) is 5.82 Å². The summed E-state index contributed by atoms with van der Waals surface area (Å²) in [6.07, 6.45) is 4.48. The highest BCUT2D eigenvalue weighted by Crippen LogP contribution is 2.21. The van der Waals surface area contributed by atoms with Crippen LogP contribution in [-0.2, 0) is 6.42 Å². The number of hydrogen-bond donors (Lipinski definition) is 2. The van der Waals surface area contributed by atoms with E-state index in [1.165, 1.54) is 0 Å². The summed E-state index contributed by atoms with van der Waals surface area (Å²) < 4.78 is 2.05. The van der Waals surface area contributed by atoms with Crippen molar-refractivity contribution in [1.29, 1.82) is 0 Å². The number of nitrogen functional groups attached to an aromatic ring is 1. The quantitative estimate of drug-likeness (QED) is 0.646. The van der Waals surface area contributed by atoms with Crippen molar-refractivity contribution in [3.63, 3.8) is 0 Å². The third-order valence-electron chi connectivity index (χ3n) is 3.00. The summed E-state index contributed by atoms with van der Waals surface area (Å²) in [7, 11) is 0. The summed E-state index contributed by atoms with van der Waals surface area (Å²) in [5, 5.41) is 0. The topological polar surface area (TPSA) is 81.6 Å². The number of nitrogens with zero attached hydrogens (tertiary/aromatic N) is 4. The number of anilines is 1. The van der Waals surface area contributed by atoms with Crippen LogP contribution in [0.3, 0.4) is 0 Å². The van der Waals surface area contributed by atoms with Gasteiger partial charge in [-0.2, -0.15) is 0 Å². The second kappa shape index (κ2) is 6.00. The average molecular weight is 274 g/mol. The van der Waals surface area contributed by atoms with E-state index in [0.717, 1.165) is 17.8 Å². The first kappa shape index (κ1) is 14.5. The number of imidazole rings is 1. The van der Waals surface area contributed by atoms with Crippen molar-refractivity contribution >= 4 is 5.82 Å². The SMILES string of the molecule is CC(C)Cc1cc(NN)nc(-c2cncn2C(C)C)n1. The fraction of sp³-hybridized carbons (Fsp3) is 0.500. The average Bonchev–Trinajstić information content (AvgIpc) is 2.86. The molecule has 2 heterocycles. The Morgan fingerprint density at radius 2 is 2.00 bits per heavy atom. The molecule has 0 aliphatic heterocycles. The maximum absolute atomic E-state index is 5.51. The molecule has 0 aliphatic rings. The molecule has 0 atom stereocenters. The number of nitrogens with one attached hydrogen (secondary N) is 1. The van der Waals surface area contributed by atoms with E-state index < -0.39 is 0 Å². The number of nitrogens with two attached hydrogens (primary N) is 1. The molecule has 20 heavy (non-hydrogen) atoms. The van der Waals surface area contributed by atoms with Gasteiger partial charge in [-0.3, -0.25) is 0 Å². The molecule has 2 rings (SSSR count). The van der Waals surface area contributed by atoms with Crippen LogP contribution in [0.2, 0.25) is 0 Å². The van der Waals surface area contributed by atoms with Crippen LogP contribution in [0, 0.1) is 5.92 Å². The lowest BCUT2D eigenvalue weighted by molar-refractivity contribution is 0.601. The Hall–Kier alpha value is -1.95. The van der Waals surface area contributed by atoms with Crippen molar-refractivity contribution in [2.45, 2.75) is 40.2 Å². The van der Waals surface area contributed by atoms with E-state index in [4.69, 9.17) is 5.84 Å². The molecule has 6 nitrogen and oxygen atoms in total. The molecule has 0 unspecified atom stereocenters. The minimum absolute atomic E-state index is 0.305. The van der Waals surface area contributed by atoms with Gasteiger partial charge in [0.05, 0.1) is 12.5 Å². The summed E-state index contributed by atoms with van der Waals surface area (Å²) in [5.41, 5.74) is 4.50. The fourth-order valence-corrected chi connectivity index (χ4v) is 2.10. The molecular formula is C14H22N6. The van der Waals surface area contributed by atoms with Gasteiger partial charge in [-0.05, 0) is 26.2 Å². The maximum Gasteiger partial charge on any atom is 0.180 e. The molecule has 3 N–H and O–H groups in total. The van der Waals surface area contributed by atoms with Gasteiger partial charge >= 0.3 is 0 Å². The number of aromatic nitrogens is 4. The molecular weight excluding hydrogens is 252 g/mol. The highest BCUT2D eigenvalue weighted by molar-refractivity contribution is 5.53. The van der Waals surface area contributed by atoms with Crippen LogP contribution < -0.4 is 11.3 Å². The second-order valence-corrected chi connectivity index (χ2v) is 5.59. The predicted molar refractivity (Wildman–Crippen MR) is 80.0 cm³/mol. The smallest absolute Gasteiger partial charge is 0.180 e. The van der Waals surface area contributed by atoms with Crippen LogP contribution in [-0.4, -0.2) is 19.5 Å². The molecule has 0 aliphatic carbocycles. The fourth-order valence-electron chi connectivity index (χ4n) is 2.10. The highest BCUT2D eigenvalue weighted by atomic mass is 15.3. The van der Waals surface area contributed by atoms with E-state index in [9.17, 15) is 0 Å². The molecule has 0 amide bonds. The predicted octanol–water partition coefficient (Wildman–Crippen LogP) is 2.41. The van der Waals surface area contributed by atoms with Crippen LogP contribution in [0.5, 0.6) is 0 Å². The number of hydrazine groups is 1. The van der Waals surface area contributed by atoms with Gasteiger partial charge < -0.3 is 9.99 Å². The Kier molecular flexibility index (Phi) is 4.34. The molecule has 108 valence electrons. The minimum Gasteiger partial charge on any atom is -0.325 e. The molecule has 0 spiro atoms. The Morgan fingerprint density at radius 3 is 2.60 bits per heavy atom. The summed E-state index contributed by atoms with van der Waals surface area (Å²) >= 11 is 0. The van der Waals surface area contributed by atoms with E-state index in [1.807, 2.05) is 6.07 Å². The summed E-state index contributed by atoms with van der Waals surface area (Å²) in [6.45, 7) is 8.53. The number of rotatable bonds is 5.